The van der Waals surface area contributed by atoms with Gasteiger partial charge >= 0.3 is 0 Å². The molecule has 0 spiro atoms. The predicted molar refractivity (Wildman–Crippen MR) is 62.7 cm³/mol. The molecule has 0 bridgehead atoms. The van der Waals surface area contributed by atoms with Crippen LogP contribution in [0.5, 0.6) is 5.75 Å². The fraction of sp³-hybridized carbons (Fsp3) is 0.583. The highest BCUT2D eigenvalue weighted by Gasteiger charge is 2.07. The number of aromatic nitrogens is 1. The fourth-order valence-electron chi connectivity index (χ4n) is 1.13. The molecular formula is C12H19NO4. The van der Waals surface area contributed by atoms with Crippen molar-refractivity contribution in [2.75, 3.05) is 13.2 Å². The van der Waals surface area contributed by atoms with Gasteiger partial charge in [-0.25, -0.2) is 0 Å². The molecule has 0 aliphatic carbocycles. The third-order valence-corrected chi connectivity index (χ3v) is 2.02. The van der Waals surface area contributed by atoms with Gasteiger partial charge in [-0.3, -0.25) is 4.98 Å². The maximum Gasteiger partial charge on any atom is 0.137 e. The summed E-state index contributed by atoms with van der Waals surface area (Å²) in [5.41, 5.74) is 0.584. The average Bonchev–Trinajstić information content (AvgIpc) is 2.34. The largest absolute Gasteiger partial charge is 0.489 e. The molecule has 0 fully saturated rings. The van der Waals surface area contributed by atoms with Gasteiger partial charge in [-0.1, -0.05) is 0 Å². The number of pyridine rings is 1. The van der Waals surface area contributed by atoms with Crippen molar-refractivity contribution in [1.82, 2.24) is 4.98 Å². The first-order valence-electron chi connectivity index (χ1n) is 5.60. The monoisotopic (exact) mass is 241 g/mol. The Balaban J connectivity index is 2.29. The van der Waals surface area contributed by atoms with Gasteiger partial charge in [0.15, 0.2) is 0 Å². The van der Waals surface area contributed by atoms with Gasteiger partial charge in [0.25, 0.3) is 0 Å². The van der Waals surface area contributed by atoms with Crippen LogP contribution in [-0.2, 0) is 11.3 Å². The number of rotatable bonds is 7. The Labute approximate surface area is 101 Å². The van der Waals surface area contributed by atoms with E-state index in [1.807, 2.05) is 13.8 Å². The summed E-state index contributed by atoms with van der Waals surface area (Å²) in [7, 11) is 0. The standard InChI is InChI=1S/C12H19NO4/c1-9(2)16-7-11(15)8-17-12-4-3-10(6-14)13-5-12/h3-5,9,11,14-15H,6-8H2,1-2H3. The molecule has 1 heterocycles. The van der Waals surface area contributed by atoms with E-state index in [2.05, 4.69) is 4.98 Å². The zero-order valence-corrected chi connectivity index (χ0v) is 10.2. The molecule has 1 aromatic rings. The van der Waals surface area contributed by atoms with E-state index in [4.69, 9.17) is 14.6 Å². The van der Waals surface area contributed by atoms with Crippen molar-refractivity contribution >= 4 is 0 Å². The number of aliphatic hydroxyl groups excluding tert-OH is 2. The van der Waals surface area contributed by atoms with Gasteiger partial charge in [-0.2, -0.15) is 0 Å². The third kappa shape index (κ3) is 5.63. The molecule has 0 radical (unpaired) electrons. The van der Waals surface area contributed by atoms with Crippen molar-refractivity contribution in [3.8, 4) is 5.75 Å². The number of hydrogen-bond acceptors (Lipinski definition) is 5. The first-order chi connectivity index (χ1) is 8.11. The molecule has 1 aromatic heterocycles. The minimum absolute atomic E-state index is 0.0921. The summed E-state index contributed by atoms with van der Waals surface area (Å²) >= 11 is 0. The van der Waals surface area contributed by atoms with Crippen molar-refractivity contribution in [1.29, 1.82) is 0 Å². The van der Waals surface area contributed by atoms with Crippen molar-refractivity contribution in [2.45, 2.75) is 32.7 Å². The molecule has 0 aromatic carbocycles. The normalized spacial score (nSPS) is 12.8. The van der Waals surface area contributed by atoms with Crippen molar-refractivity contribution < 1.29 is 19.7 Å². The van der Waals surface area contributed by atoms with Gasteiger partial charge < -0.3 is 19.7 Å². The zero-order chi connectivity index (χ0) is 12.7. The molecule has 1 rings (SSSR count). The minimum atomic E-state index is -0.657. The van der Waals surface area contributed by atoms with Crippen LogP contribution in [0.25, 0.3) is 0 Å². The molecular weight excluding hydrogens is 222 g/mol. The minimum Gasteiger partial charge on any atom is -0.489 e. The second kappa shape index (κ2) is 7.21. The first-order valence-corrected chi connectivity index (χ1v) is 5.60. The zero-order valence-electron chi connectivity index (χ0n) is 10.2. The van der Waals surface area contributed by atoms with E-state index >= 15 is 0 Å². The molecule has 0 amide bonds. The highest BCUT2D eigenvalue weighted by atomic mass is 16.5. The predicted octanol–water partition coefficient (Wildman–Crippen LogP) is 0.739. The lowest BCUT2D eigenvalue weighted by atomic mass is 10.3. The van der Waals surface area contributed by atoms with Crippen LogP contribution in [0.1, 0.15) is 19.5 Å². The van der Waals surface area contributed by atoms with Crippen LogP contribution in [0, 0.1) is 0 Å². The van der Waals surface area contributed by atoms with E-state index in [1.165, 1.54) is 6.20 Å². The lowest BCUT2D eigenvalue weighted by Crippen LogP contribution is -2.25. The summed E-state index contributed by atoms with van der Waals surface area (Å²) in [6.45, 7) is 4.13. The van der Waals surface area contributed by atoms with Gasteiger partial charge in [0.1, 0.15) is 18.5 Å². The van der Waals surface area contributed by atoms with Crippen molar-refractivity contribution in [3.63, 3.8) is 0 Å². The SMILES string of the molecule is CC(C)OCC(O)COc1ccc(CO)nc1. The van der Waals surface area contributed by atoms with Crippen molar-refractivity contribution in [2.24, 2.45) is 0 Å². The van der Waals surface area contributed by atoms with E-state index in [1.54, 1.807) is 12.1 Å². The number of hydrogen-bond donors (Lipinski definition) is 2. The van der Waals surface area contributed by atoms with Gasteiger partial charge in [-0.05, 0) is 26.0 Å². The van der Waals surface area contributed by atoms with E-state index < -0.39 is 6.10 Å². The van der Waals surface area contributed by atoms with Crippen LogP contribution in [0.4, 0.5) is 0 Å². The lowest BCUT2D eigenvalue weighted by Gasteiger charge is -2.14. The summed E-state index contributed by atoms with van der Waals surface area (Å²) in [5.74, 6) is 0.561. The molecule has 0 saturated heterocycles. The van der Waals surface area contributed by atoms with E-state index in [0.717, 1.165) is 0 Å². The van der Waals surface area contributed by atoms with Crippen LogP contribution in [0.3, 0.4) is 0 Å². The van der Waals surface area contributed by atoms with Crippen LogP contribution in [0.2, 0.25) is 0 Å². The summed E-state index contributed by atoms with van der Waals surface area (Å²) in [4.78, 5) is 3.96. The molecule has 1 atom stereocenters. The average molecular weight is 241 g/mol. The Morgan fingerprint density at radius 2 is 2.06 bits per heavy atom. The first kappa shape index (κ1) is 13.9. The third-order valence-electron chi connectivity index (χ3n) is 2.02. The Kier molecular flexibility index (Phi) is 5.90. The van der Waals surface area contributed by atoms with Crippen LogP contribution >= 0.6 is 0 Å². The van der Waals surface area contributed by atoms with Gasteiger partial charge in [0.2, 0.25) is 0 Å². The van der Waals surface area contributed by atoms with Crippen molar-refractivity contribution in [3.05, 3.63) is 24.0 Å². The molecule has 0 saturated carbocycles. The topological polar surface area (TPSA) is 71.8 Å². The van der Waals surface area contributed by atoms with E-state index in [-0.39, 0.29) is 25.9 Å². The lowest BCUT2D eigenvalue weighted by molar-refractivity contribution is -0.0123. The maximum absolute atomic E-state index is 9.55. The maximum atomic E-state index is 9.55. The number of nitrogens with zero attached hydrogens (tertiary/aromatic N) is 1. The highest BCUT2D eigenvalue weighted by Crippen LogP contribution is 2.09. The van der Waals surface area contributed by atoms with E-state index in [0.29, 0.717) is 11.4 Å². The Bertz CT molecular complexity index is 313. The molecule has 1 unspecified atom stereocenters. The second-order valence-corrected chi connectivity index (χ2v) is 3.99. The van der Waals surface area contributed by atoms with Gasteiger partial charge in [0.05, 0.1) is 31.2 Å². The van der Waals surface area contributed by atoms with Gasteiger partial charge in [-0.15, -0.1) is 0 Å². The molecule has 0 aliphatic rings. The van der Waals surface area contributed by atoms with Crippen LogP contribution in [-0.4, -0.2) is 40.6 Å². The number of aliphatic hydroxyl groups is 2. The summed E-state index contributed by atoms with van der Waals surface area (Å²) in [5, 5.41) is 18.4. The quantitative estimate of drug-likeness (QED) is 0.736. The summed E-state index contributed by atoms with van der Waals surface area (Å²) in [6.07, 6.45) is 0.951. The molecule has 5 nitrogen and oxygen atoms in total. The molecule has 96 valence electrons. The Hall–Kier alpha value is -1.17. The van der Waals surface area contributed by atoms with E-state index in [9.17, 15) is 5.11 Å². The summed E-state index contributed by atoms with van der Waals surface area (Å²) < 4.78 is 10.6. The highest BCUT2D eigenvalue weighted by molar-refractivity contribution is 5.19. The fourth-order valence-corrected chi connectivity index (χ4v) is 1.13. The summed E-state index contributed by atoms with van der Waals surface area (Å²) in [6, 6.07) is 3.38. The molecule has 17 heavy (non-hydrogen) atoms. The Morgan fingerprint density at radius 1 is 1.29 bits per heavy atom. The molecule has 2 N–H and O–H groups in total. The molecule has 5 heteroatoms. The van der Waals surface area contributed by atoms with Crippen LogP contribution < -0.4 is 4.74 Å². The second-order valence-electron chi connectivity index (χ2n) is 3.99. The van der Waals surface area contributed by atoms with Crippen LogP contribution in [0.15, 0.2) is 18.3 Å². The number of ether oxygens (including phenoxy) is 2. The molecule has 0 aliphatic heterocycles. The smallest absolute Gasteiger partial charge is 0.137 e. The van der Waals surface area contributed by atoms with Gasteiger partial charge in [0, 0.05) is 0 Å². The Morgan fingerprint density at radius 3 is 2.59 bits per heavy atom.